The number of rotatable bonds is 1. The van der Waals surface area contributed by atoms with E-state index in [4.69, 9.17) is 5.73 Å². The number of anilines is 1. The lowest BCUT2D eigenvalue weighted by Gasteiger charge is -2.11. The van der Waals surface area contributed by atoms with Crippen LogP contribution in [0, 0.1) is 0 Å². The van der Waals surface area contributed by atoms with E-state index in [0.717, 1.165) is 5.39 Å². The molecule has 0 radical (unpaired) electrons. The molecule has 2 rings (SSSR count). The van der Waals surface area contributed by atoms with Crippen LogP contribution in [0.15, 0.2) is 41.3 Å². The van der Waals surface area contributed by atoms with Gasteiger partial charge in [-0.25, -0.2) is 8.42 Å². The molecule has 0 amide bonds. The van der Waals surface area contributed by atoms with Gasteiger partial charge in [-0.3, -0.25) is 0 Å². The van der Waals surface area contributed by atoms with Gasteiger partial charge in [-0.15, -0.1) is 0 Å². The topological polar surface area (TPSA) is 83.2 Å². The molecule has 15 heavy (non-hydrogen) atoms. The molecule has 0 aliphatic heterocycles. The summed E-state index contributed by atoms with van der Waals surface area (Å²) < 4.78 is 32.6. The van der Waals surface area contributed by atoms with Crippen LogP contribution in [-0.2, 0) is 10.1 Å². The molecule has 0 unspecified atom stereocenters. The van der Waals surface area contributed by atoms with Crippen LogP contribution in [0.3, 0.4) is 0 Å². The van der Waals surface area contributed by atoms with Crippen LogP contribution in [-0.4, -0.2) is 13.0 Å². The number of nitrogens with two attached hydrogens (primary N) is 1. The Hall–Kier alpha value is -1.59. The zero-order valence-electron chi connectivity index (χ0n) is 7.67. The second-order valence-corrected chi connectivity index (χ2v) is 4.54. The minimum atomic E-state index is -4.50. The number of hydrogen-bond donors (Lipinski definition) is 1. The van der Waals surface area contributed by atoms with Crippen molar-refractivity contribution in [2.75, 3.05) is 5.73 Å². The fourth-order valence-electron chi connectivity index (χ4n) is 1.45. The Morgan fingerprint density at radius 1 is 1.07 bits per heavy atom. The van der Waals surface area contributed by atoms with E-state index in [9.17, 15) is 13.0 Å². The average molecular weight is 222 g/mol. The molecule has 0 aromatic heterocycles. The molecule has 0 heterocycles. The standard InChI is InChI=1S/C10H9NO3S/c11-9-5-7-3-1-2-4-8(7)6-10(9)15(12,13)14/h1-6H,11H2,(H,12,13,14)/p-1. The highest BCUT2D eigenvalue weighted by Gasteiger charge is 2.07. The SMILES string of the molecule is Nc1cc2ccccc2cc1S(=O)(=O)[O-]. The lowest BCUT2D eigenvalue weighted by molar-refractivity contribution is 0.463. The predicted molar refractivity (Wildman–Crippen MR) is 56.3 cm³/mol. The molecule has 0 atom stereocenters. The Kier molecular flexibility index (Phi) is 2.13. The molecule has 4 nitrogen and oxygen atoms in total. The van der Waals surface area contributed by atoms with Gasteiger partial charge in [0.2, 0.25) is 0 Å². The van der Waals surface area contributed by atoms with E-state index >= 15 is 0 Å². The van der Waals surface area contributed by atoms with E-state index < -0.39 is 10.1 Å². The molecular formula is C10H8NO3S-. The minimum absolute atomic E-state index is 0.0105. The molecule has 0 saturated heterocycles. The zero-order chi connectivity index (χ0) is 11.1. The van der Waals surface area contributed by atoms with Crippen molar-refractivity contribution in [1.29, 1.82) is 0 Å². The van der Waals surface area contributed by atoms with Crippen molar-refractivity contribution >= 4 is 26.6 Å². The van der Waals surface area contributed by atoms with Gasteiger partial charge in [-0.05, 0) is 22.9 Å². The Morgan fingerprint density at radius 2 is 1.60 bits per heavy atom. The first-order valence-corrected chi connectivity index (χ1v) is 5.63. The van der Waals surface area contributed by atoms with Crippen molar-refractivity contribution < 1.29 is 13.0 Å². The molecule has 0 spiro atoms. The lowest BCUT2D eigenvalue weighted by atomic mass is 10.1. The number of fused-ring (bicyclic) bond motifs is 1. The minimum Gasteiger partial charge on any atom is -0.744 e. The van der Waals surface area contributed by atoms with Gasteiger partial charge in [0.05, 0.1) is 4.90 Å². The summed E-state index contributed by atoms with van der Waals surface area (Å²) in [7, 11) is -4.50. The van der Waals surface area contributed by atoms with E-state index in [1.807, 2.05) is 6.07 Å². The van der Waals surface area contributed by atoms with Gasteiger partial charge in [0.1, 0.15) is 10.1 Å². The maximum absolute atomic E-state index is 10.9. The maximum Gasteiger partial charge on any atom is 0.126 e. The van der Waals surface area contributed by atoms with Crippen LogP contribution < -0.4 is 5.73 Å². The van der Waals surface area contributed by atoms with Gasteiger partial charge in [0.15, 0.2) is 0 Å². The number of nitrogen functional groups attached to an aromatic ring is 1. The van der Waals surface area contributed by atoms with E-state index in [0.29, 0.717) is 5.39 Å². The van der Waals surface area contributed by atoms with Crippen molar-refractivity contribution in [3.8, 4) is 0 Å². The predicted octanol–water partition coefficient (Wildman–Crippen LogP) is 1.33. The fourth-order valence-corrected chi connectivity index (χ4v) is 2.07. The normalized spacial score (nSPS) is 11.8. The summed E-state index contributed by atoms with van der Waals surface area (Å²) in [6.45, 7) is 0. The van der Waals surface area contributed by atoms with Crippen LogP contribution >= 0.6 is 0 Å². The van der Waals surface area contributed by atoms with Crippen molar-refractivity contribution in [2.45, 2.75) is 4.90 Å². The van der Waals surface area contributed by atoms with Gasteiger partial charge in [0, 0.05) is 5.69 Å². The molecule has 0 aliphatic rings. The average Bonchev–Trinajstić information content (AvgIpc) is 2.15. The molecule has 2 aromatic carbocycles. The van der Waals surface area contributed by atoms with Crippen LogP contribution in [0.1, 0.15) is 0 Å². The van der Waals surface area contributed by atoms with Crippen LogP contribution in [0.4, 0.5) is 5.69 Å². The van der Waals surface area contributed by atoms with Crippen LogP contribution in [0.2, 0.25) is 0 Å². The van der Waals surface area contributed by atoms with Gasteiger partial charge >= 0.3 is 0 Å². The first-order valence-electron chi connectivity index (χ1n) is 4.22. The molecule has 5 heteroatoms. The van der Waals surface area contributed by atoms with Gasteiger partial charge < -0.3 is 10.3 Å². The Balaban J connectivity index is 2.84. The maximum atomic E-state index is 10.9. The first-order chi connectivity index (χ1) is 6.98. The number of benzene rings is 2. The highest BCUT2D eigenvalue weighted by atomic mass is 32.2. The second-order valence-electron chi connectivity index (χ2n) is 3.19. The fraction of sp³-hybridized carbons (Fsp3) is 0. The smallest absolute Gasteiger partial charge is 0.126 e. The second kappa shape index (κ2) is 3.22. The van der Waals surface area contributed by atoms with E-state index in [2.05, 4.69) is 0 Å². The third-order valence-corrected chi connectivity index (χ3v) is 3.04. The zero-order valence-corrected chi connectivity index (χ0v) is 8.49. The van der Waals surface area contributed by atoms with Crippen molar-refractivity contribution in [2.24, 2.45) is 0 Å². The van der Waals surface area contributed by atoms with E-state index in [1.54, 1.807) is 18.2 Å². The largest absolute Gasteiger partial charge is 0.744 e. The van der Waals surface area contributed by atoms with Gasteiger partial charge in [-0.2, -0.15) is 0 Å². The summed E-state index contributed by atoms with van der Waals surface area (Å²) in [6.07, 6.45) is 0. The summed E-state index contributed by atoms with van der Waals surface area (Å²) in [5, 5.41) is 1.49. The van der Waals surface area contributed by atoms with E-state index in [1.165, 1.54) is 12.1 Å². The molecular weight excluding hydrogens is 214 g/mol. The summed E-state index contributed by atoms with van der Waals surface area (Å²) in [4.78, 5) is -0.360. The van der Waals surface area contributed by atoms with Crippen molar-refractivity contribution in [3.63, 3.8) is 0 Å². The number of hydrogen-bond acceptors (Lipinski definition) is 4. The first kappa shape index (κ1) is 9.95. The van der Waals surface area contributed by atoms with Crippen molar-refractivity contribution in [3.05, 3.63) is 36.4 Å². The Morgan fingerprint density at radius 3 is 2.13 bits per heavy atom. The van der Waals surface area contributed by atoms with Gasteiger partial charge in [0.25, 0.3) is 0 Å². The highest BCUT2D eigenvalue weighted by Crippen LogP contribution is 2.24. The summed E-state index contributed by atoms with van der Waals surface area (Å²) in [5.74, 6) is 0. The van der Waals surface area contributed by atoms with E-state index in [-0.39, 0.29) is 10.6 Å². The summed E-state index contributed by atoms with van der Waals surface area (Å²) >= 11 is 0. The lowest BCUT2D eigenvalue weighted by Crippen LogP contribution is -2.03. The third kappa shape index (κ3) is 1.79. The summed E-state index contributed by atoms with van der Waals surface area (Å²) in [6, 6.07) is 9.89. The molecule has 78 valence electrons. The molecule has 2 N–H and O–H groups in total. The molecule has 0 saturated carbocycles. The monoisotopic (exact) mass is 222 g/mol. The molecule has 0 bridgehead atoms. The Bertz CT molecular complexity index is 620. The van der Waals surface area contributed by atoms with Gasteiger partial charge in [-0.1, -0.05) is 24.3 Å². The quantitative estimate of drug-likeness (QED) is 0.582. The molecule has 2 aromatic rings. The molecule has 0 aliphatic carbocycles. The Labute approximate surface area is 87.1 Å². The van der Waals surface area contributed by atoms with Crippen LogP contribution in [0.25, 0.3) is 10.8 Å². The highest BCUT2D eigenvalue weighted by molar-refractivity contribution is 7.86. The third-order valence-electron chi connectivity index (χ3n) is 2.15. The summed E-state index contributed by atoms with van der Waals surface area (Å²) in [5.41, 5.74) is 5.48. The van der Waals surface area contributed by atoms with Crippen LogP contribution in [0.5, 0.6) is 0 Å². The molecule has 0 fully saturated rings. The van der Waals surface area contributed by atoms with Crippen molar-refractivity contribution in [1.82, 2.24) is 0 Å².